The van der Waals surface area contributed by atoms with Crippen molar-refractivity contribution >= 4 is 15.9 Å². The van der Waals surface area contributed by atoms with Gasteiger partial charge in [0.05, 0.1) is 11.5 Å². The number of carbonyl (C=O) groups is 1. The fraction of sp³-hybridized carbons (Fsp3) is 0.458. The Hall–Kier alpha value is -2.42. The lowest BCUT2D eigenvalue weighted by Crippen LogP contribution is -2.54. The predicted octanol–water partition coefficient (Wildman–Crippen LogP) is 2.58. The molecule has 0 saturated carbocycles. The number of benzene rings is 2. The number of piperazine rings is 1. The van der Waals surface area contributed by atoms with Crippen molar-refractivity contribution in [1.82, 2.24) is 14.1 Å². The van der Waals surface area contributed by atoms with Crippen LogP contribution in [0.5, 0.6) is 5.75 Å². The van der Waals surface area contributed by atoms with Crippen LogP contribution in [0.15, 0.2) is 59.5 Å². The molecule has 2 heterocycles. The largest absolute Gasteiger partial charge is 0.494 e. The molecule has 172 valence electrons. The van der Waals surface area contributed by atoms with Gasteiger partial charge in [0.15, 0.2) is 0 Å². The van der Waals surface area contributed by atoms with Gasteiger partial charge in [-0.3, -0.25) is 9.69 Å². The maximum absolute atomic E-state index is 13.2. The highest BCUT2D eigenvalue weighted by molar-refractivity contribution is 7.89. The van der Waals surface area contributed by atoms with Crippen molar-refractivity contribution in [3.8, 4) is 5.75 Å². The van der Waals surface area contributed by atoms with Crippen molar-refractivity contribution in [3.05, 3.63) is 60.2 Å². The van der Waals surface area contributed by atoms with Crippen LogP contribution in [0.25, 0.3) is 0 Å². The fourth-order valence-corrected chi connectivity index (χ4v) is 6.13. The Morgan fingerprint density at radius 2 is 1.66 bits per heavy atom. The number of amides is 1. The molecule has 2 aromatic carbocycles. The average Bonchev–Trinajstić information content (AvgIpc) is 3.32. The van der Waals surface area contributed by atoms with Crippen molar-refractivity contribution in [2.24, 2.45) is 0 Å². The summed E-state index contributed by atoms with van der Waals surface area (Å²) < 4.78 is 33.1. The summed E-state index contributed by atoms with van der Waals surface area (Å²) in [6.45, 7) is 6.63. The van der Waals surface area contributed by atoms with Crippen LogP contribution in [0, 0.1) is 0 Å². The van der Waals surface area contributed by atoms with E-state index in [0.29, 0.717) is 39.1 Å². The third-order valence-corrected chi connectivity index (χ3v) is 8.09. The molecule has 8 heteroatoms. The Balaban J connectivity index is 1.34. The standard InChI is InChI=1S/C24H31N3O4S/c1-2-31-21-12-10-20(11-13-21)19-25-15-17-26(18-16-25)24(28)23-9-6-14-27(23)32(29,30)22-7-4-3-5-8-22/h3-5,7-8,10-13,23H,2,6,9,14-19H2,1H3. The Morgan fingerprint density at radius 3 is 2.31 bits per heavy atom. The van der Waals surface area contributed by atoms with Crippen LogP contribution in [-0.2, 0) is 21.4 Å². The minimum atomic E-state index is -3.67. The molecule has 0 radical (unpaired) electrons. The van der Waals surface area contributed by atoms with Crippen molar-refractivity contribution in [2.75, 3.05) is 39.3 Å². The Labute approximate surface area is 190 Å². The molecular weight excluding hydrogens is 426 g/mol. The lowest BCUT2D eigenvalue weighted by molar-refractivity contribution is -0.136. The number of hydrogen-bond acceptors (Lipinski definition) is 5. The van der Waals surface area contributed by atoms with Crippen LogP contribution >= 0.6 is 0 Å². The molecule has 7 nitrogen and oxygen atoms in total. The molecule has 2 aliphatic heterocycles. The van der Waals surface area contributed by atoms with E-state index in [1.165, 1.54) is 9.87 Å². The van der Waals surface area contributed by atoms with Crippen molar-refractivity contribution < 1.29 is 17.9 Å². The van der Waals surface area contributed by atoms with E-state index in [-0.39, 0.29) is 10.8 Å². The van der Waals surface area contributed by atoms with Crippen LogP contribution in [0.4, 0.5) is 0 Å². The van der Waals surface area contributed by atoms with E-state index in [1.54, 1.807) is 30.3 Å². The molecule has 0 bridgehead atoms. The lowest BCUT2D eigenvalue weighted by atomic mass is 10.1. The highest BCUT2D eigenvalue weighted by Gasteiger charge is 2.41. The number of sulfonamides is 1. The quantitative estimate of drug-likeness (QED) is 0.639. The molecule has 2 aromatic rings. The van der Waals surface area contributed by atoms with Crippen LogP contribution in [0.3, 0.4) is 0 Å². The number of ether oxygens (including phenoxy) is 1. The van der Waals surface area contributed by atoms with Gasteiger partial charge in [-0.05, 0) is 49.6 Å². The molecule has 4 rings (SSSR count). The zero-order valence-electron chi connectivity index (χ0n) is 18.5. The van der Waals surface area contributed by atoms with E-state index in [1.807, 2.05) is 24.0 Å². The summed E-state index contributed by atoms with van der Waals surface area (Å²) in [5, 5.41) is 0. The van der Waals surface area contributed by atoms with Gasteiger partial charge in [0, 0.05) is 39.3 Å². The molecule has 32 heavy (non-hydrogen) atoms. The third kappa shape index (κ3) is 4.98. The summed E-state index contributed by atoms with van der Waals surface area (Å²) in [5.74, 6) is 0.806. The summed E-state index contributed by atoms with van der Waals surface area (Å²) in [4.78, 5) is 17.6. The maximum Gasteiger partial charge on any atom is 0.243 e. The summed E-state index contributed by atoms with van der Waals surface area (Å²) in [6, 6.07) is 15.9. The normalized spacial score (nSPS) is 20.4. The molecule has 0 spiro atoms. The molecule has 0 aromatic heterocycles. The fourth-order valence-electron chi connectivity index (χ4n) is 4.46. The first-order valence-electron chi connectivity index (χ1n) is 11.3. The molecule has 1 unspecified atom stereocenters. The number of carbonyl (C=O) groups excluding carboxylic acids is 1. The zero-order valence-corrected chi connectivity index (χ0v) is 19.3. The van der Waals surface area contributed by atoms with E-state index in [4.69, 9.17) is 4.74 Å². The summed E-state index contributed by atoms with van der Waals surface area (Å²) in [6.07, 6.45) is 1.29. The minimum Gasteiger partial charge on any atom is -0.494 e. The highest BCUT2D eigenvalue weighted by Crippen LogP contribution is 2.27. The second kappa shape index (κ2) is 10.0. The summed E-state index contributed by atoms with van der Waals surface area (Å²) in [5.41, 5.74) is 1.21. The van der Waals surface area contributed by atoms with E-state index >= 15 is 0 Å². The molecule has 1 amide bonds. The van der Waals surface area contributed by atoms with Gasteiger partial charge in [-0.15, -0.1) is 0 Å². The lowest BCUT2D eigenvalue weighted by Gasteiger charge is -2.37. The first-order chi connectivity index (χ1) is 15.5. The summed E-state index contributed by atoms with van der Waals surface area (Å²) >= 11 is 0. The van der Waals surface area contributed by atoms with Crippen LogP contribution < -0.4 is 4.74 Å². The minimum absolute atomic E-state index is 0.0669. The first-order valence-corrected chi connectivity index (χ1v) is 12.7. The Bertz CT molecular complexity index is 1000. The molecule has 0 aliphatic carbocycles. The zero-order chi connectivity index (χ0) is 22.6. The second-order valence-corrected chi connectivity index (χ2v) is 10.2. The van der Waals surface area contributed by atoms with Crippen molar-refractivity contribution in [1.29, 1.82) is 0 Å². The van der Waals surface area contributed by atoms with Crippen molar-refractivity contribution in [3.63, 3.8) is 0 Å². The van der Waals surface area contributed by atoms with Gasteiger partial charge in [-0.1, -0.05) is 30.3 Å². The van der Waals surface area contributed by atoms with Gasteiger partial charge < -0.3 is 9.64 Å². The van der Waals surface area contributed by atoms with E-state index in [9.17, 15) is 13.2 Å². The van der Waals surface area contributed by atoms with Crippen molar-refractivity contribution in [2.45, 2.75) is 37.2 Å². The number of hydrogen-bond donors (Lipinski definition) is 0. The Kier molecular flexibility index (Phi) is 7.13. The molecule has 0 N–H and O–H groups in total. The topological polar surface area (TPSA) is 70.2 Å². The summed E-state index contributed by atoms with van der Waals surface area (Å²) in [7, 11) is -3.67. The van der Waals surface area contributed by atoms with Gasteiger partial charge in [-0.25, -0.2) is 8.42 Å². The average molecular weight is 458 g/mol. The van der Waals surface area contributed by atoms with Gasteiger partial charge in [0.1, 0.15) is 11.8 Å². The molecule has 2 aliphatic rings. The smallest absolute Gasteiger partial charge is 0.243 e. The van der Waals surface area contributed by atoms with E-state index < -0.39 is 16.1 Å². The maximum atomic E-state index is 13.2. The van der Waals surface area contributed by atoms with Crippen LogP contribution in [-0.4, -0.2) is 73.8 Å². The molecular formula is C24H31N3O4S. The number of rotatable bonds is 7. The van der Waals surface area contributed by atoms with Gasteiger partial charge in [0.25, 0.3) is 0 Å². The van der Waals surface area contributed by atoms with Gasteiger partial charge in [-0.2, -0.15) is 4.31 Å². The van der Waals surface area contributed by atoms with Crippen LogP contribution in [0.1, 0.15) is 25.3 Å². The molecule has 2 fully saturated rings. The Morgan fingerprint density at radius 1 is 0.969 bits per heavy atom. The molecule has 1 atom stereocenters. The van der Waals surface area contributed by atoms with E-state index in [2.05, 4.69) is 17.0 Å². The third-order valence-electron chi connectivity index (χ3n) is 6.16. The van der Waals surface area contributed by atoms with E-state index in [0.717, 1.165) is 25.4 Å². The SMILES string of the molecule is CCOc1ccc(CN2CCN(C(=O)C3CCCN3S(=O)(=O)c3ccccc3)CC2)cc1. The number of nitrogens with zero attached hydrogens (tertiary/aromatic N) is 3. The predicted molar refractivity (Wildman–Crippen MR) is 123 cm³/mol. The monoisotopic (exact) mass is 457 g/mol. The first kappa shape index (κ1) is 22.8. The highest BCUT2D eigenvalue weighted by atomic mass is 32.2. The molecule has 2 saturated heterocycles. The van der Waals surface area contributed by atoms with Gasteiger partial charge in [0.2, 0.25) is 15.9 Å². The van der Waals surface area contributed by atoms with Crippen LogP contribution in [0.2, 0.25) is 0 Å². The second-order valence-electron chi connectivity index (χ2n) is 8.27. The van der Waals surface area contributed by atoms with Gasteiger partial charge >= 0.3 is 0 Å².